The highest BCUT2D eigenvalue weighted by Gasteiger charge is 2.24. The summed E-state index contributed by atoms with van der Waals surface area (Å²) in [6, 6.07) is 9.71. The molecule has 2 atom stereocenters. The Balaban J connectivity index is 0.00000289. The van der Waals surface area contributed by atoms with Gasteiger partial charge < -0.3 is 15.8 Å². The molecule has 2 aliphatic rings. The maximum atomic E-state index is 11.8. The van der Waals surface area contributed by atoms with Crippen molar-refractivity contribution in [2.24, 2.45) is 11.7 Å². The van der Waals surface area contributed by atoms with E-state index in [9.17, 15) is 9.59 Å². The van der Waals surface area contributed by atoms with Crippen LogP contribution in [-0.2, 0) is 11.2 Å². The first-order valence-corrected chi connectivity index (χ1v) is 10.9. The minimum absolute atomic E-state index is 0. The zero-order chi connectivity index (χ0) is 21.8. The third-order valence-electron chi connectivity index (χ3n) is 5.92. The molecule has 3 N–H and O–H groups in total. The van der Waals surface area contributed by atoms with Crippen LogP contribution in [-0.4, -0.2) is 34.4 Å². The van der Waals surface area contributed by atoms with Crippen LogP contribution in [0.25, 0.3) is 5.57 Å². The number of amides is 2. The van der Waals surface area contributed by atoms with E-state index in [-0.39, 0.29) is 31.0 Å². The summed E-state index contributed by atoms with van der Waals surface area (Å²) in [4.78, 5) is 32.7. The Hall–Kier alpha value is -3.22. The molecule has 1 saturated heterocycles. The molecule has 7 nitrogen and oxygen atoms in total. The van der Waals surface area contributed by atoms with Crippen molar-refractivity contribution in [3.8, 4) is 5.75 Å². The molecule has 1 aliphatic heterocycles. The van der Waals surface area contributed by atoms with Crippen molar-refractivity contribution < 1.29 is 14.3 Å². The van der Waals surface area contributed by atoms with Crippen molar-refractivity contribution in [1.29, 1.82) is 0 Å². The number of nitrogens with zero attached hydrogens (tertiary/aromatic N) is 2. The third-order valence-corrected chi connectivity index (χ3v) is 5.92. The fraction of sp³-hybridized carbons (Fsp3) is 0.440. The van der Waals surface area contributed by atoms with Crippen LogP contribution >= 0.6 is 0 Å². The summed E-state index contributed by atoms with van der Waals surface area (Å²) >= 11 is 0. The fourth-order valence-corrected chi connectivity index (χ4v) is 4.07. The van der Waals surface area contributed by atoms with Gasteiger partial charge in [-0.2, -0.15) is 0 Å². The monoisotopic (exact) mass is 436 g/mol. The number of rotatable bonds is 7. The van der Waals surface area contributed by atoms with Crippen LogP contribution in [0.15, 0.2) is 36.4 Å². The lowest BCUT2D eigenvalue weighted by Gasteiger charge is -2.23. The van der Waals surface area contributed by atoms with Crippen molar-refractivity contribution in [3.05, 3.63) is 59.2 Å². The van der Waals surface area contributed by atoms with Crippen molar-refractivity contribution in [1.82, 2.24) is 15.3 Å². The smallest absolute Gasteiger partial charge is 0.267 e. The molecule has 0 spiro atoms. The Morgan fingerprint density at radius 3 is 2.62 bits per heavy atom. The number of nitrogens with one attached hydrogen (secondary N) is 1. The first kappa shape index (κ1) is 23.4. The van der Waals surface area contributed by atoms with Gasteiger partial charge in [0, 0.05) is 24.6 Å². The summed E-state index contributed by atoms with van der Waals surface area (Å²) in [6.07, 6.45) is 6.72. The van der Waals surface area contributed by atoms with Crippen molar-refractivity contribution in [2.75, 3.05) is 6.54 Å². The molecular weight excluding hydrogens is 404 g/mol. The van der Waals surface area contributed by atoms with Crippen LogP contribution in [0.2, 0.25) is 0 Å². The molecule has 2 unspecified atom stereocenters. The number of aromatic nitrogens is 2. The number of carbonyl (C=O) groups excluding carboxylic acids is 2. The number of nitrogens with two attached hydrogens (primary N) is 1. The summed E-state index contributed by atoms with van der Waals surface area (Å²) in [5.74, 6) is 0.956. The SMILES string of the molecule is C.Cc1ccc(OC2CC=C(c3nc(CCC4CCNC4=O)cc(C(N)=O)n3)CC2)cc1. The molecule has 0 bridgehead atoms. The van der Waals surface area contributed by atoms with E-state index in [1.807, 2.05) is 24.3 Å². The number of aryl methyl sites for hydroxylation is 2. The number of ether oxygens (including phenoxy) is 1. The van der Waals surface area contributed by atoms with E-state index in [4.69, 9.17) is 10.5 Å². The lowest BCUT2D eigenvalue weighted by molar-refractivity contribution is -0.122. The summed E-state index contributed by atoms with van der Waals surface area (Å²) in [5.41, 5.74) is 8.68. The zero-order valence-corrected chi connectivity index (χ0v) is 17.8. The van der Waals surface area contributed by atoms with Gasteiger partial charge in [-0.1, -0.05) is 31.2 Å². The molecule has 2 heterocycles. The molecule has 170 valence electrons. The normalized spacial score (nSPS) is 20.2. The van der Waals surface area contributed by atoms with Crippen LogP contribution in [0.3, 0.4) is 0 Å². The predicted octanol–water partition coefficient (Wildman–Crippen LogP) is 3.60. The quantitative estimate of drug-likeness (QED) is 0.690. The van der Waals surface area contributed by atoms with Gasteiger partial charge in [0.15, 0.2) is 5.82 Å². The molecule has 2 aromatic rings. The van der Waals surface area contributed by atoms with Gasteiger partial charge >= 0.3 is 0 Å². The standard InChI is InChI=1S/C24H28N4O3.CH4/c1-15-2-8-19(9-3-15)31-20-10-5-16(6-11-20)23-27-18(14-21(28-23)22(25)29)7-4-17-12-13-26-24(17)30;/h2-3,5,8-9,14,17,20H,4,6-7,10-13H2,1H3,(H2,25,29)(H,26,30);1H4. The second-order valence-electron chi connectivity index (χ2n) is 8.30. The van der Waals surface area contributed by atoms with Crippen LogP contribution in [0, 0.1) is 12.8 Å². The minimum atomic E-state index is -0.569. The van der Waals surface area contributed by atoms with Gasteiger partial charge in [0.05, 0.1) is 0 Å². The molecule has 1 fully saturated rings. The van der Waals surface area contributed by atoms with Crippen molar-refractivity contribution in [3.63, 3.8) is 0 Å². The Morgan fingerprint density at radius 2 is 2.00 bits per heavy atom. The number of carbonyl (C=O) groups is 2. The van der Waals surface area contributed by atoms with E-state index in [0.29, 0.717) is 18.7 Å². The lowest BCUT2D eigenvalue weighted by atomic mass is 9.96. The molecule has 0 saturated carbocycles. The molecule has 7 heteroatoms. The van der Waals surface area contributed by atoms with Crippen molar-refractivity contribution >= 4 is 17.4 Å². The van der Waals surface area contributed by atoms with E-state index in [2.05, 4.69) is 28.3 Å². The van der Waals surface area contributed by atoms with Crippen LogP contribution in [0.1, 0.15) is 67.1 Å². The van der Waals surface area contributed by atoms with Crippen LogP contribution in [0.4, 0.5) is 0 Å². The average molecular weight is 437 g/mol. The van der Waals surface area contributed by atoms with E-state index in [0.717, 1.165) is 49.2 Å². The largest absolute Gasteiger partial charge is 0.490 e. The highest BCUT2D eigenvalue weighted by atomic mass is 16.5. The summed E-state index contributed by atoms with van der Waals surface area (Å²) < 4.78 is 6.09. The van der Waals surface area contributed by atoms with Gasteiger partial charge in [0.25, 0.3) is 5.91 Å². The Labute approximate surface area is 189 Å². The van der Waals surface area contributed by atoms with E-state index >= 15 is 0 Å². The number of hydrogen-bond donors (Lipinski definition) is 2. The molecule has 1 aromatic heterocycles. The van der Waals surface area contributed by atoms with Crippen LogP contribution in [0.5, 0.6) is 5.75 Å². The second kappa shape index (κ2) is 10.4. The second-order valence-corrected chi connectivity index (χ2v) is 8.30. The highest BCUT2D eigenvalue weighted by Crippen LogP contribution is 2.28. The highest BCUT2D eigenvalue weighted by molar-refractivity contribution is 5.91. The first-order valence-electron chi connectivity index (χ1n) is 10.9. The van der Waals surface area contributed by atoms with Gasteiger partial charge in [0.2, 0.25) is 5.91 Å². The number of primary amides is 1. The average Bonchev–Trinajstić information content (AvgIpc) is 3.19. The molecule has 4 rings (SSSR count). The topological polar surface area (TPSA) is 107 Å². The molecular formula is C25H32N4O3. The van der Waals surface area contributed by atoms with E-state index in [1.165, 1.54) is 5.56 Å². The Kier molecular flexibility index (Phi) is 7.62. The van der Waals surface area contributed by atoms with E-state index < -0.39 is 5.91 Å². The Bertz CT molecular complexity index is 1000. The molecule has 2 amide bonds. The fourth-order valence-electron chi connectivity index (χ4n) is 4.07. The van der Waals surface area contributed by atoms with E-state index in [1.54, 1.807) is 6.07 Å². The van der Waals surface area contributed by atoms with Gasteiger partial charge in [-0.3, -0.25) is 9.59 Å². The summed E-state index contributed by atoms with van der Waals surface area (Å²) in [6.45, 7) is 2.78. The van der Waals surface area contributed by atoms with Gasteiger partial charge in [-0.05, 0) is 62.8 Å². The van der Waals surface area contributed by atoms with Crippen molar-refractivity contribution in [2.45, 2.75) is 59.0 Å². The van der Waals surface area contributed by atoms with Gasteiger partial charge in [-0.25, -0.2) is 9.97 Å². The first-order chi connectivity index (χ1) is 15.0. The van der Waals surface area contributed by atoms with Crippen LogP contribution < -0.4 is 15.8 Å². The van der Waals surface area contributed by atoms with Gasteiger partial charge in [0.1, 0.15) is 17.5 Å². The lowest BCUT2D eigenvalue weighted by Crippen LogP contribution is -2.21. The molecule has 1 aliphatic carbocycles. The maximum Gasteiger partial charge on any atom is 0.267 e. The molecule has 32 heavy (non-hydrogen) atoms. The summed E-state index contributed by atoms with van der Waals surface area (Å²) in [5, 5.41) is 2.86. The Morgan fingerprint density at radius 1 is 1.22 bits per heavy atom. The molecule has 0 radical (unpaired) electrons. The zero-order valence-electron chi connectivity index (χ0n) is 17.8. The third kappa shape index (κ3) is 5.72. The van der Waals surface area contributed by atoms with Gasteiger partial charge in [-0.15, -0.1) is 0 Å². The summed E-state index contributed by atoms with van der Waals surface area (Å²) in [7, 11) is 0. The maximum absolute atomic E-state index is 11.8. The number of hydrogen-bond acceptors (Lipinski definition) is 5. The minimum Gasteiger partial charge on any atom is -0.490 e. The molecule has 1 aromatic carbocycles. The predicted molar refractivity (Wildman–Crippen MR) is 124 cm³/mol. The number of allylic oxidation sites excluding steroid dienone is 1. The number of benzene rings is 1.